The van der Waals surface area contributed by atoms with Gasteiger partial charge < -0.3 is 9.47 Å². The average molecular weight is 1480 g/mol. The molecule has 0 aromatic heterocycles. The van der Waals surface area contributed by atoms with Crippen LogP contribution in [0.2, 0.25) is 0 Å². The molecule has 1 aliphatic heterocycles. The molecule has 6 aromatic carbocycles. The Hall–Kier alpha value is -9.36. The number of allylic oxidation sites excluding steroid dienone is 2. The molecule has 0 radical (unpaired) electrons. The van der Waals surface area contributed by atoms with E-state index in [1.165, 1.54) is 123 Å². The van der Waals surface area contributed by atoms with Gasteiger partial charge in [-0.2, -0.15) is 0 Å². The number of amides is 2. The predicted molar refractivity (Wildman–Crippen MR) is 373 cm³/mol. The first-order chi connectivity index (χ1) is 46.2. The maximum Gasteiger partial charge on any atom is 0.338 e. The van der Waals surface area contributed by atoms with Crippen molar-refractivity contribution in [2.45, 2.75) is 101 Å². The number of imide groups is 1. The molecule has 6 aromatic rings. The maximum absolute atomic E-state index is 12.3. The molecule has 2 aliphatic rings. The highest BCUT2D eigenvalue weighted by molar-refractivity contribution is 7.90. The van der Waals surface area contributed by atoms with E-state index in [0.717, 1.165) is 71.9 Å². The van der Waals surface area contributed by atoms with Crippen molar-refractivity contribution in [3.8, 4) is 11.5 Å². The lowest BCUT2D eigenvalue weighted by Crippen LogP contribution is -2.36. The lowest BCUT2D eigenvalue weighted by Gasteiger charge is -2.22. The molecule has 1 heterocycles. The van der Waals surface area contributed by atoms with Crippen molar-refractivity contribution in [2.24, 2.45) is 20.6 Å². The van der Waals surface area contributed by atoms with Crippen LogP contribution in [0.3, 0.4) is 0 Å². The van der Waals surface area contributed by atoms with Gasteiger partial charge >= 0.3 is 11.9 Å². The highest BCUT2D eigenvalue weighted by Crippen LogP contribution is 2.23. The summed E-state index contributed by atoms with van der Waals surface area (Å²) in [6.45, 7) is 20.8. The van der Waals surface area contributed by atoms with Crippen LogP contribution in [0.15, 0.2) is 244 Å². The Morgan fingerprint density at radius 3 is 1.19 bits per heavy atom. The average Bonchev–Trinajstić information content (AvgIpc) is 1.76. The number of carbonyl (C=O) groups is 6. The summed E-state index contributed by atoms with van der Waals surface area (Å²) < 4.78 is 150. The third-order valence-electron chi connectivity index (χ3n) is 13.1. The lowest BCUT2D eigenvalue weighted by atomic mass is 9.96. The molecular formula is C66H75N7O20S6. The standard InChI is InChI=1S/C16H21NO3S.C13H17NO3S.C10H8N2O4S.C10H11NO4S.C9H9NO4S.C8H9NO2S/c1-2-15(18)12-13-8-10-16(11-9-13)21(19,20)17-14-6-4-3-5-7-14;1-3-9-14-18(16,17)13-7-5-11(6-8-13)10-12(15)4-2;11-17(15,16)8-3-1-7(2-4-8)12-9(13)5-6-10(12)14;1-7(2)10(12)15-8-3-5-9(6-4-8)16(11,13)14;1-2-9(11)14-7-3-5-8(6-4-7)15(10,12)13;1-2-7-3-5-8(6-4-7)12(9,10)11/h2,8-11,14,17H,1,3-7,12H2;4-8,14H,2-3,9-10H2,1H3;1-6H,(H2,11,15,16);3-6H,1H2,2H3,(H2,11,13,14);2-6H,1H2,(H2,10,12,13);2-6H,1H2,(H2,9,10,11). The van der Waals surface area contributed by atoms with Gasteiger partial charge in [0.25, 0.3) is 11.8 Å². The van der Waals surface area contributed by atoms with E-state index < -0.39 is 83.9 Å². The number of nitrogens with zero attached hydrogens (tertiary/aromatic N) is 1. The van der Waals surface area contributed by atoms with Gasteiger partial charge in [0, 0.05) is 49.2 Å². The molecule has 530 valence electrons. The van der Waals surface area contributed by atoms with Gasteiger partial charge in [0.05, 0.1) is 35.1 Å². The van der Waals surface area contributed by atoms with Crippen LogP contribution in [-0.2, 0) is 102 Å². The number of anilines is 1. The molecule has 2 amide bonds. The van der Waals surface area contributed by atoms with Crippen LogP contribution in [0.1, 0.15) is 69.1 Å². The molecule has 33 heteroatoms. The summed E-state index contributed by atoms with van der Waals surface area (Å²) >= 11 is 0. The van der Waals surface area contributed by atoms with Crippen LogP contribution >= 0.6 is 0 Å². The fourth-order valence-electron chi connectivity index (χ4n) is 7.93. The molecule has 1 fully saturated rings. The van der Waals surface area contributed by atoms with Crippen molar-refractivity contribution in [2.75, 3.05) is 11.4 Å². The van der Waals surface area contributed by atoms with E-state index in [9.17, 15) is 79.3 Å². The fourth-order valence-corrected chi connectivity index (χ4v) is 12.4. The number of hydrogen-bond acceptors (Lipinski definition) is 20. The molecule has 1 aliphatic carbocycles. The van der Waals surface area contributed by atoms with Gasteiger partial charge in [-0.3, -0.25) is 19.2 Å². The Labute approximate surface area is 577 Å². The Morgan fingerprint density at radius 2 is 0.848 bits per heavy atom. The van der Waals surface area contributed by atoms with Crippen molar-refractivity contribution in [3.05, 3.63) is 231 Å². The minimum absolute atomic E-state index is 0.0392. The number of carbonyl (C=O) groups excluding carboxylic acids is 6. The van der Waals surface area contributed by atoms with Gasteiger partial charge in [0.2, 0.25) is 60.1 Å². The molecule has 99 heavy (non-hydrogen) atoms. The Bertz CT molecular complexity index is 4620. The molecular weight excluding hydrogens is 1400 g/mol. The fraction of sp³-hybridized carbons (Fsp3) is 0.182. The summed E-state index contributed by atoms with van der Waals surface area (Å²) in [6.07, 6.45) is 13.9. The zero-order valence-corrected chi connectivity index (χ0v) is 58.6. The molecule has 0 spiro atoms. The Balaban J connectivity index is 0.000000311. The summed E-state index contributed by atoms with van der Waals surface area (Å²) in [4.78, 5) is 68.4. The van der Waals surface area contributed by atoms with Crippen molar-refractivity contribution in [1.29, 1.82) is 0 Å². The van der Waals surface area contributed by atoms with Crippen LogP contribution in [0, 0.1) is 0 Å². The molecule has 0 atom stereocenters. The van der Waals surface area contributed by atoms with E-state index in [1.54, 1.807) is 54.6 Å². The number of ether oxygens (including phenoxy) is 2. The quantitative estimate of drug-likeness (QED) is 0.0179. The summed E-state index contributed by atoms with van der Waals surface area (Å²) in [6, 6.07) is 34.6. The molecule has 8 rings (SSSR count). The first-order valence-corrected chi connectivity index (χ1v) is 38.2. The summed E-state index contributed by atoms with van der Waals surface area (Å²) in [5, 5.41) is 19.6. The van der Waals surface area contributed by atoms with E-state index >= 15 is 0 Å². The maximum atomic E-state index is 12.3. The normalized spacial score (nSPS) is 13.0. The van der Waals surface area contributed by atoms with Crippen LogP contribution in [0.25, 0.3) is 6.08 Å². The second kappa shape index (κ2) is 38.7. The molecule has 0 saturated heterocycles. The minimum Gasteiger partial charge on any atom is -0.423 e. The molecule has 27 nitrogen and oxygen atoms in total. The first kappa shape index (κ1) is 83.9. The topological polar surface area (TPSA) is 457 Å². The number of nitrogens with one attached hydrogen (secondary N) is 2. The molecule has 1 saturated carbocycles. The number of hydrogen-bond donors (Lipinski definition) is 6. The second-order valence-corrected chi connectivity index (χ2v) is 30.6. The largest absolute Gasteiger partial charge is 0.423 e. The van der Waals surface area contributed by atoms with Crippen molar-refractivity contribution in [3.63, 3.8) is 0 Å². The van der Waals surface area contributed by atoms with Crippen molar-refractivity contribution >= 4 is 107 Å². The van der Waals surface area contributed by atoms with Crippen LogP contribution < -0.4 is 44.4 Å². The van der Waals surface area contributed by atoms with E-state index in [0.29, 0.717) is 12.2 Å². The number of primary sulfonamides is 4. The SMILES string of the molecule is C=C(C)C(=O)Oc1ccc(S(N)(=O)=O)cc1.C=CC(=O)Cc1ccc(S(=O)(=O)NC2CCCCC2)cc1.C=CC(=O)Cc1ccc(S(=O)(=O)NCCC)cc1.C=CC(=O)Oc1ccc(S(N)(=O)=O)cc1.C=Cc1ccc(S(N)(=O)=O)cc1.NS(=O)(=O)c1ccc(N2C(=O)C=CC2=O)cc1. The van der Waals surface area contributed by atoms with Gasteiger partial charge in [0.1, 0.15) is 11.5 Å². The lowest BCUT2D eigenvalue weighted by molar-refractivity contribution is -0.130. The van der Waals surface area contributed by atoms with Crippen molar-refractivity contribution in [1.82, 2.24) is 9.44 Å². The van der Waals surface area contributed by atoms with E-state index in [1.807, 2.05) is 6.92 Å². The molecule has 10 N–H and O–H groups in total. The Kier molecular flexibility index (Phi) is 32.8. The minimum atomic E-state index is -3.77. The smallest absolute Gasteiger partial charge is 0.338 e. The van der Waals surface area contributed by atoms with Crippen LogP contribution in [-0.4, -0.2) is 98.4 Å². The van der Waals surface area contributed by atoms with Gasteiger partial charge in [-0.05, 0) is 164 Å². The van der Waals surface area contributed by atoms with Gasteiger partial charge in [0.15, 0.2) is 11.6 Å². The predicted octanol–water partition coefficient (Wildman–Crippen LogP) is 6.25. The highest BCUT2D eigenvalue weighted by Gasteiger charge is 2.26. The molecule has 0 unspecified atom stereocenters. The van der Waals surface area contributed by atoms with Crippen molar-refractivity contribution < 1.29 is 88.7 Å². The summed E-state index contributed by atoms with van der Waals surface area (Å²) in [7, 11) is -21.7. The Morgan fingerprint density at radius 1 is 0.495 bits per heavy atom. The number of sulfonamides is 6. The monoisotopic (exact) mass is 1480 g/mol. The van der Waals surface area contributed by atoms with Crippen LogP contribution in [0.5, 0.6) is 11.5 Å². The number of rotatable bonds is 23. The second-order valence-electron chi connectivity index (χ2n) is 20.9. The third-order valence-corrected chi connectivity index (χ3v) is 19.8. The van der Waals surface area contributed by atoms with Gasteiger partial charge in [-0.25, -0.2) is 95.0 Å². The number of esters is 2. The van der Waals surface area contributed by atoms with E-state index in [-0.39, 0.29) is 76.9 Å². The summed E-state index contributed by atoms with van der Waals surface area (Å²) in [5.74, 6) is -1.80. The van der Waals surface area contributed by atoms with Gasteiger partial charge in [-0.1, -0.05) is 102 Å². The number of benzene rings is 6. The first-order valence-electron chi connectivity index (χ1n) is 29.1. The zero-order chi connectivity index (χ0) is 74.5. The molecule has 0 bridgehead atoms. The zero-order valence-electron chi connectivity index (χ0n) is 53.7. The van der Waals surface area contributed by atoms with Gasteiger partial charge in [-0.15, -0.1) is 0 Å². The van der Waals surface area contributed by atoms with E-state index in [2.05, 4.69) is 42.3 Å². The number of ketones is 2. The van der Waals surface area contributed by atoms with E-state index in [4.69, 9.17) is 30.0 Å². The third kappa shape index (κ3) is 29.7. The number of nitrogens with two attached hydrogens (primary N) is 4. The van der Waals surface area contributed by atoms with Crippen LogP contribution in [0.4, 0.5) is 5.69 Å². The summed E-state index contributed by atoms with van der Waals surface area (Å²) in [5.41, 5.74) is 2.99. The highest BCUT2D eigenvalue weighted by atomic mass is 32.2.